The zero-order valence-corrected chi connectivity index (χ0v) is 12.4. The molecule has 0 radical (unpaired) electrons. The largest absolute Gasteiger partial charge is 0.369 e. The molecule has 1 rings (SSSR count). The maximum absolute atomic E-state index is 6.22. The van der Waals surface area contributed by atoms with Crippen LogP contribution in [0.3, 0.4) is 0 Å². The van der Waals surface area contributed by atoms with Gasteiger partial charge in [-0.05, 0) is 32.3 Å². The molecule has 3 unspecified atom stereocenters. The molecule has 0 aliphatic carbocycles. The van der Waals surface area contributed by atoms with E-state index >= 15 is 0 Å². The molecule has 0 heterocycles. The standard InChI is InChI=1S/C15H24ClNO/c1-10(2)9-11(3)18-15(12(4)17)13-7-5-6-8-14(13)16/h5-8,10-12,15H,9,17H2,1-4H3. The van der Waals surface area contributed by atoms with Gasteiger partial charge in [0.2, 0.25) is 0 Å². The summed E-state index contributed by atoms with van der Waals surface area (Å²) in [6, 6.07) is 7.66. The number of hydrogen-bond acceptors (Lipinski definition) is 2. The minimum Gasteiger partial charge on any atom is -0.369 e. The maximum Gasteiger partial charge on any atom is 0.0990 e. The fourth-order valence-corrected chi connectivity index (χ4v) is 2.40. The van der Waals surface area contributed by atoms with E-state index in [1.54, 1.807) is 0 Å². The average Bonchev–Trinajstić information content (AvgIpc) is 2.25. The van der Waals surface area contributed by atoms with Crippen LogP contribution in [0.4, 0.5) is 0 Å². The average molecular weight is 270 g/mol. The van der Waals surface area contributed by atoms with Gasteiger partial charge in [-0.1, -0.05) is 43.6 Å². The normalized spacial score (nSPS) is 16.6. The van der Waals surface area contributed by atoms with Crippen LogP contribution >= 0.6 is 11.6 Å². The molecular weight excluding hydrogens is 246 g/mol. The summed E-state index contributed by atoms with van der Waals surface area (Å²) in [5.74, 6) is 0.611. The first-order valence-electron chi connectivity index (χ1n) is 6.57. The van der Waals surface area contributed by atoms with E-state index in [4.69, 9.17) is 22.1 Å². The van der Waals surface area contributed by atoms with Crippen molar-refractivity contribution < 1.29 is 4.74 Å². The van der Waals surface area contributed by atoms with E-state index in [0.717, 1.165) is 17.0 Å². The van der Waals surface area contributed by atoms with Crippen LogP contribution < -0.4 is 5.73 Å². The highest BCUT2D eigenvalue weighted by Gasteiger charge is 2.22. The Morgan fingerprint density at radius 1 is 1.17 bits per heavy atom. The van der Waals surface area contributed by atoms with E-state index in [1.807, 2.05) is 31.2 Å². The highest BCUT2D eigenvalue weighted by molar-refractivity contribution is 6.31. The molecule has 2 nitrogen and oxygen atoms in total. The molecule has 3 heteroatoms. The number of benzene rings is 1. The summed E-state index contributed by atoms with van der Waals surface area (Å²) in [4.78, 5) is 0. The van der Waals surface area contributed by atoms with Crippen molar-refractivity contribution in [1.82, 2.24) is 0 Å². The van der Waals surface area contributed by atoms with Crippen molar-refractivity contribution >= 4 is 11.6 Å². The van der Waals surface area contributed by atoms with Gasteiger partial charge < -0.3 is 10.5 Å². The summed E-state index contributed by atoms with van der Waals surface area (Å²) in [5, 5.41) is 0.719. The van der Waals surface area contributed by atoms with Gasteiger partial charge in [0.05, 0.1) is 12.2 Å². The molecule has 0 fully saturated rings. The van der Waals surface area contributed by atoms with Gasteiger partial charge in [0.1, 0.15) is 0 Å². The van der Waals surface area contributed by atoms with Gasteiger partial charge >= 0.3 is 0 Å². The highest BCUT2D eigenvalue weighted by Crippen LogP contribution is 2.29. The molecular formula is C15H24ClNO. The van der Waals surface area contributed by atoms with Crippen LogP contribution in [0.2, 0.25) is 5.02 Å². The van der Waals surface area contributed by atoms with Crippen LogP contribution in [0.1, 0.15) is 45.8 Å². The lowest BCUT2D eigenvalue weighted by atomic mass is 10.0. The van der Waals surface area contributed by atoms with Gasteiger partial charge in [-0.2, -0.15) is 0 Å². The minimum absolute atomic E-state index is 0.0838. The zero-order chi connectivity index (χ0) is 13.7. The first-order chi connectivity index (χ1) is 8.41. The summed E-state index contributed by atoms with van der Waals surface area (Å²) < 4.78 is 6.08. The van der Waals surface area contributed by atoms with E-state index in [2.05, 4.69) is 20.8 Å². The Hall–Kier alpha value is -0.570. The number of rotatable bonds is 6. The van der Waals surface area contributed by atoms with Crippen molar-refractivity contribution in [2.24, 2.45) is 11.7 Å². The van der Waals surface area contributed by atoms with E-state index < -0.39 is 0 Å². The van der Waals surface area contributed by atoms with Crippen LogP contribution in [-0.4, -0.2) is 12.1 Å². The van der Waals surface area contributed by atoms with Crippen molar-refractivity contribution in [2.75, 3.05) is 0 Å². The third-order valence-electron chi connectivity index (χ3n) is 2.87. The molecule has 0 saturated heterocycles. The Morgan fingerprint density at radius 2 is 1.78 bits per heavy atom. The van der Waals surface area contributed by atoms with Crippen molar-refractivity contribution in [3.63, 3.8) is 0 Å². The topological polar surface area (TPSA) is 35.2 Å². The Balaban J connectivity index is 2.81. The minimum atomic E-state index is -0.146. The number of nitrogens with two attached hydrogens (primary N) is 1. The maximum atomic E-state index is 6.22. The molecule has 1 aromatic carbocycles. The summed E-state index contributed by atoms with van der Waals surface area (Å²) in [6.45, 7) is 8.43. The first-order valence-corrected chi connectivity index (χ1v) is 6.95. The predicted octanol–water partition coefficient (Wildman–Crippen LogP) is 4.18. The quantitative estimate of drug-likeness (QED) is 0.841. The summed E-state index contributed by atoms with van der Waals surface area (Å²) >= 11 is 6.22. The van der Waals surface area contributed by atoms with Gasteiger partial charge in [-0.3, -0.25) is 0 Å². The molecule has 2 N–H and O–H groups in total. The molecule has 0 aromatic heterocycles. The zero-order valence-electron chi connectivity index (χ0n) is 11.7. The molecule has 0 saturated carbocycles. The Kier molecular flexibility index (Phi) is 6.13. The Labute approximate surface area is 115 Å². The molecule has 3 atom stereocenters. The van der Waals surface area contributed by atoms with E-state index in [0.29, 0.717) is 5.92 Å². The van der Waals surface area contributed by atoms with Gasteiger partial charge in [0.25, 0.3) is 0 Å². The van der Waals surface area contributed by atoms with E-state index in [9.17, 15) is 0 Å². The number of ether oxygens (including phenoxy) is 1. The van der Waals surface area contributed by atoms with Crippen molar-refractivity contribution in [3.8, 4) is 0 Å². The SMILES string of the molecule is CC(C)CC(C)OC(c1ccccc1Cl)C(C)N. The Morgan fingerprint density at radius 3 is 2.28 bits per heavy atom. The lowest BCUT2D eigenvalue weighted by molar-refractivity contribution is -0.0236. The fraction of sp³-hybridized carbons (Fsp3) is 0.600. The van der Waals surface area contributed by atoms with Crippen LogP contribution in [0.5, 0.6) is 0 Å². The van der Waals surface area contributed by atoms with Crippen LogP contribution in [0.15, 0.2) is 24.3 Å². The summed E-state index contributed by atoms with van der Waals surface area (Å²) in [7, 11) is 0. The second kappa shape index (κ2) is 7.13. The molecule has 102 valence electrons. The fourth-order valence-electron chi connectivity index (χ4n) is 2.16. The third kappa shape index (κ3) is 4.60. The smallest absolute Gasteiger partial charge is 0.0990 e. The summed E-state index contributed by atoms with van der Waals surface area (Å²) in [5.41, 5.74) is 7.01. The Bertz CT molecular complexity index is 365. The lowest BCUT2D eigenvalue weighted by Gasteiger charge is -2.27. The highest BCUT2D eigenvalue weighted by atomic mass is 35.5. The van der Waals surface area contributed by atoms with Crippen LogP contribution in [0.25, 0.3) is 0 Å². The van der Waals surface area contributed by atoms with E-state index in [1.165, 1.54) is 0 Å². The summed E-state index contributed by atoms with van der Waals surface area (Å²) in [6.07, 6.45) is 1.05. The van der Waals surface area contributed by atoms with Crippen LogP contribution in [0, 0.1) is 5.92 Å². The van der Waals surface area contributed by atoms with Gasteiger partial charge in [0, 0.05) is 16.6 Å². The van der Waals surface area contributed by atoms with Crippen molar-refractivity contribution in [3.05, 3.63) is 34.9 Å². The third-order valence-corrected chi connectivity index (χ3v) is 3.22. The molecule has 0 spiro atoms. The van der Waals surface area contributed by atoms with Gasteiger partial charge in [0.15, 0.2) is 0 Å². The molecule has 0 amide bonds. The predicted molar refractivity (Wildman–Crippen MR) is 77.8 cm³/mol. The second-order valence-corrected chi connectivity index (χ2v) is 5.78. The number of hydrogen-bond donors (Lipinski definition) is 1. The molecule has 1 aromatic rings. The number of halogens is 1. The molecule has 0 aliphatic rings. The molecule has 0 bridgehead atoms. The van der Waals surface area contributed by atoms with Gasteiger partial charge in [-0.15, -0.1) is 0 Å². The van der Waals surface area contributed by atoms with Gasteiger partial charge in [-0.25, -0.2) is 0 Å². The monoisotopic (exact) mass is 269 g/mol. The molecule has 0 aliphatic heterocycles. The molecule has 18 heavy (non-hydrogen) atoms. The van der Waals surface area contributed by atoms with Crippen molar-refractivity contribution in [1.29, 1.82) is 0 Å². The lowest BCUT2D eigenvalue weighted by Crippen LogP contribution is -2.30. The first kappa shape index (κ1) is 15.5. The van der Waals surface area contributed by atoms with Crippen LogP contribution in [-0.2, 0) is 4.74 Å². The second-order valence-electron chi connectivity index (χ2n) is 5.38. The van der Waals surface area contributed by atoms with E-state index in [-0.39, 0.29) is 18.2 Å². The van der Waals surface area contributed by atoms with Crippen molar-refractivity contribution in [2.45, 2.75) is 52.4 Å².